The van der Waals surface area contributed by atoms with E-state index < -0.39 is 0 Å². The Bertz CT molecular complexity index is 1160. The molecule has 0 saturated heterocycles. The van der Waals surface area contributed by atoms with Gasteiger partial charge in [0.2, 0.25) is 0 Å². The minimum atomic E-state index is 0.0218. The lowest BCUT2D eigenvalue weighted by Gasteiger charge is -2.24. The van der Waals surface area contributed by atoms with Crippen LogP contribution in [0.2, 0.25) is 0 Å². The SMILES string of the molecule is NCc1ccccc1Cc1cc2c(nc1Cc1nc3ccccc3[nH]1)[C@@H](N)CCC2. The third-order valence-corrected chi connectivity index (χ3v) is 6.11. The molecule has 1 aliphatic carbocycles. The van der Waals surface area contributed by atoms with Crippen molar-refractivity contribution in [3.63, 3.8) is 0 Å². The average Bonchev–Trinajstić information content (AvgIpc) is 3.17. The molecule has 152 valence electrons. The molecular formula is C25H27N5. The third-order valence-electron chi connectivity index (χ3n) is 6.11. The van der Waals surface area contributed by atoms with Gasteiger partial charge in [0.05, 0.1) is 22.4 Å². The first-order valence-corrected chi connectivity index (χ1v) is 10.7. The molecule has 2 heterocycles. The molecule has 2 aromatic heterocycles. The lowest BCUT2D eigenvalue weighted by atomic mass is 9.88. The molecule has 0 spiro atoms. The van der Waals surface area contributed by atoms with Gasteiger partial charge < -0.3 is 16.5 Å². The summed E-state index contributed by atoms with van der Waals surface area (Å²) in [6.07, 6.45) is 4.65. The molecule has 0 radical (unpaired) electrons. The number of rotatable bonds is 5. The van der Waals surface area contributed by atoms with Crippen LogP contribution in [-0.2, 0) is 25.8 Å². The number of aryl methyl sites for hydroxylation is 1. The molecule has 1 atom stereocenters. The van der Waals surface area contributed by atoms with Gasteiger partial charge in [-0.2, -0.15) is 0 Å². The van der Waals surface area contributed by atoms with Crippen LogP contribution >= 0.6 is 0 Å². The molecular weight excluding hydrogens is 370 g/mol. The van der Waals surface area contributed by atoms with E-state index in [9.17, 15) is 0 Å². The van der Waals surface area contributed by atoms with Gasteiger partial charge in [0.1, 0.15) is 5.82 Å². The van der Waals surface area contributed by atoms with Crippen LogP contribution in [0.5, 0.6) is 0 Å². The maximum atomic E-state index is 6.42. The maximum Gasteiger partial charge on any atom is 0.113 e. The topological polar surface area (TPSA) is 93.6 Å². The van der Waals surface area contributed by atoms with Gasteiger partial charge in [-0.1, -0.05) is 42.5 Å². The number of imidazole rings is 1. The van der Waals surface area contributed by atoms with E-state index in [-0.39, 0.29) is 6.04 Å². The highest BCUT2D eigenvalue weighted by molar-refractivity contribution is 5.74. The van der Waals surface area contributed by atoms with Crippen molar-refractivity contribution in [2.24, 2.45) is 11.5 Å². The lowest BCUT2D eigenvalue weighted by Crippen LogP contribution is -2.21. The number of H-pyrrole nitrogens is 1. The van der Waals surface area contributed by atoms with Gasteiger partial charge in [-0.25, -0.2) is 4.98 Å². The monoisotopic (exact) mass is 397 g/mol. The second-order valence-electron chi connectivity index (χ2n) is 8.16. The molecule has 5 rings (SSSR count). The maximum absolute atomic E-state index is 6.42. The number of para-hydroxylation sites is 2. The van der Waals surface area contributed by atoms with Crippen LogP contribution in [0, 0.1) is 0 Å². The van der Waals surface area contributed by atoms with Crippen molar-refractivity contribution in [2.75, 3.05) is 0 Å². The van der Waals surface area contributed by atoms with Crippen molar-refractivity contribution in [1.82, 2.24) is 15.0 Å². The molecule has 5 nitrogen and oxygen atoms in total. The second kappa shape index (κ2) is 8.01. The molecule has 1 aliphatic rings. The molecule has 0 aliphatic heterocycles. The van der Waals surface area contributed by atoms with Gasteiger partial charge in [0.15, 0.2) is 0 Å². The predicted molar refractivity (Wildman–Crippen MR) is 120 cm³/mol. The summed E-state index contributed by atoms with van der Waals surface area (Å²) >= 11 is 0. The van der Waals surface area contributed by atoms with E-state index >= 15 is 0 Å². The number of nitrogens with zero attached hydrogens (tertiary/aromatic N) is 2. The van der Waals surface area contributed by atoms with Crippen molar-refractivity contribution in [2.45, 2.75) is 44.7 Å². The van der Waals surface area contributed by atoms with E-state index in [1.165, 1.54) is 22.3 Å². The fourth-order valence-corrected chi connectivity index (χ4v) is 4.52. The van der Waals surface area contributed by atoms with Crippen LogP contribution in [0.1, 0.15) is 58.3 Å². The van der Waals surface area contributed by atoms with Crippen LogP contribution < -0.4 is 11.5 Å². The fraction of sp³-hybridized carbons (Fsp3) is 0.280. The van der Waals surface area contributed by atoms with E-state index in [2.05, 4.69) is 35.3 Å². The average molecular weight is 398 g/mol. The third kappa shape index (κ3) is 3.62. The molecule has 2 aromatic carbocycles. The Morgan fingerprint density at radius 3 is 2.57 bits per heavy atom. The molecule has 0 bridgehead atoms. The van der Waals surface area contributed by atoms with Gasteiger partial charge >= 0.3 is 0 Å². The lowest BCUT2D eigenvalue weighted by molar-refractivity contribution is 0.550. The summed E-state index contributed by atoms with van der Waals surface area (Å²) in [6, 6.07) is 18.9. The van der Waals surface area contributed by atoms with E-state index in [1.807, 2.05) is 24.3 Å². The zero-order valence-corrected chi connectivity index (χ0v) is 17.1. The summed E-state index contributed by atoms with van der Waals surface area (Å²) in [6.45, 7) is 0.540. The molecule has 0 unspecified atom stereocenters. The van der Waals surface area contributed by atoms with E-state index in [0.717, 1.165) is 53.9 Å². The number of aromatic nitrogens is 3. The first-order chi connectivity index (χ1) is 14.7. The van der Waals surface area contributed by atoms with Gasteiger partial charge in [0, 0.05) is 19.0 Å². The first-order valence-electron chi connectivity index (χ1n) is 10.7. The summed E-state index contributed by atoms with van der Waals surface area (Å²) in [5.41, 5.74) is 21.5. The predicted octanol–water partition coefficient (Wildman–Crippen LogP) is 3.93. The highest BCUT2D eigenvalue weighted by Gasteiger charge is 2.22. The Hall–Kier alpha value is -3.02. The smallest absolute Gasteiger partial charge is 0.113 e. The van der Waals surface area contributed by atoms with Crippen LogP contribution in [0.4, 0.5) is 0 Å². The molecule has 5 N–H and O–H groups in total. The zero-order chi connectivity index (χ0) is 20.5. The van der Waals surface area contributed by atoms with Crippen molar-refractivity contribution < 1.29 is 0 Å². The van der Waals surface area contributed by atoms with Crippen molar-refractivity contribution >= 4 is 11.0 Å². The van der Waals surface area contributed by atoms with Crippen molar-refractivity contribution in [3.05, 3.63) is 94.1 Å². The Morgan fingerprint density at radius 2 is 1.73 bits per heavy atom. The van der Waals surface area contributed by atoms with Crippen LogP contribution in [0.25, 0.3) is 11.0 Å². The zero-order valence-electron chi connectivity index (χ0n) is 17.1. The summed E-state index contributed by atoms with van der Waals surface area (Å²) in [5.74, 6) is 0.932. The number of nitrogens with two attached hydrogens (primary N) is 2. The number of benzene rings is 2. The quantitative estimate of drug-likeness (QED) is 0.475. The highest BCUT2D eigenvalue weighted by Crippen LogP contribution is 2.30. The fourth-order valence-electron chi connectivity index (χ4n) is 4.52. The Morgan fingerprint density at radius 1 is 0.933 bits per heavy atom. The standard InChI is InChI=1S/C25H27N5/c26-15-18-7-2-1-6-16(18)12-19-13-17-8-5-9-20(27)25(17)30-23(19)14-24-28-21-10-3-4-11-22(21)29-24/h1-4,6-7,10-11,13,20H,5,8-9,12,14-15,26-27H2,(H,28,29)/t20-/m0/s1. The number of pyridine rings is 1. The van der Waals surface area contributed by atoms with Gasteiger partial charge in [-0.15, -0.1) is 0 Å². The minimum Gasteiger partial charge on any atom is -0.342 e. The number of hydrogen-bond acceptors (Lipinski definition) is 4. The van der Waals surface area contributed by atoms with Crippen LogP contribution in [0.3, 0.4) is 0 Å². The molecule has 0 amide bonds. The summed E-state index contributed by atoms with van der Waals surface area (Å²) in [4.78, 5) is 13.3. The molecule has 4 aromatic rings. The molecule has 0 saturated carbocycles. The Labute approximate surface area is 176 Å². The minimum absolute atomic E-state index is 0.0218. The summed E-state index contributed by atoms with van der Waals surface area (Å²) < 4.78 is 0. The number of aromatic amines is 1. The molecule has 0 fully saturated rings. The molecule has 5 heteroatoms. The molecule has 30 heavy (non-hydrogen) atoms. The van der Waals surface area contributed by atoms with Gasteiger partial charge in [0.25, 0.3) is 0 Å². The Balaban J connectivity index is 1.57. The summed E-state index contributed by atoms with van der Waals surface area (Å²) in [5, 5.41) is 0. The number of hydrogen-bond donors (Lipinski definition) is 3. The van der Waals surface area contributed by atoms with Crippen LogP contribution in [-0.4, -0.2) is 15.0 Å². The number of fused-ring (bicyclic) bond motifs is 2. The largest absolute Gasteiger partial charge is 0.342 e. The normalized spacial score (nSPS) is 16.0. The van der Waals surface area contributed by atoms with E-state index in [4.69, 9.17) is 21.4 Å². The first kappa shape index (κ1) is 19.0. The van der Waals surface area contributed by atoms with Gasteiger partial charge in [-0.05, 0) is 60.1 Å². The van der Waals surface area contributed by atoms with E-state index in [0.29, 0.717) is 13.0 Å². The van der Waals surface area contributed by atoms with Crippen LogP contribution in [0.15, 0.2) is 54.6 Å². The summed E-state index contributed by atoms with van der Waals surface area (Å²) in [7, 11) is 0. The van der Waals surface area contributed by atoms with Gasteiger partial charge in [-0.3, -0.25) is 4.98 Å². The van der Waals surface area contributed by atoms with Crippen molar-refractivity contribution in [1.29, 1.82) is 0 Å². The number of nitrogens with one attached hydrogen (secondary N) is 1. The Kier molecular flexibility index (Phi) is 5.07. The second-order valence-corrected chi connectivity index (χ2v) is 8.16. The van der Waals surface area contributed by atoms with Crippen molar-refractivity contribution in [3.8, 4) is 0 Å². The highest BCUT2D eigenvalue weighted by atomic mass is 14.9. The van der Waals surface area contributed by atoms with E-state index in [1.54, 1.807) is 0 Å².